The molecule has 0 spiro atoms. The van der Waals surface area contributed by atoms with Gasteiger partial charge in [-0.15, -0.1) is 0 Å². The summed E-state index contributed by atoms with van der Waals surface area (Å²) in [5.41, 5.74) is 1.38. The van der Waals surface area contributed by atoms with Crippen molar-refractivity contribution >= 4 is 10.8 Å². The predicted molar refractivity (Wildman–Crippen MR) is 80.0 cm³/mol. The van der Waals surface area contributed by atoms with Crippen molar-refractivity contribution in [1.82, 2.24) is 10.3 Å². The highest BCUT2D eigenvalue weighted by molar-refractivity contribution is 5.84. The zero-order chi connectivity index (χ0) is 13.1. The van der Waals surface area contributed by atoms with Gasteiger partial charge in [0, 0.05) is 30.4 Å². The van der Waals surface area contributed by atoms with Crippen LogP contribution in [0.25, 0.3) is 10.8 Å². The molecule has 1 atom stereocenters. The predicted octanol–water partition coefficient (Wildman–Crippen LogP) is 3.90. The Hall–Kier alpha value is -1.41. The van der Waals surface area contributed by atoms with E-state index in [4.69, 9.17) is 0 Å². The van der Waals surface area contributed by atoms with Crippen molar-refractivity contribution < 1.29 is 0 Å². The van der Waals surface area contributed by atoms with Gasteiger partial charge in [-0.25, -0.2) is 0 Å². The number of hydrogen-bond donors (Lipinski definition) is 1. The maximum Gasteiger partial charge on any atom is 0.0346 e. The van der Waals surface area contributed by atoms with Crippen LogP contribution in [0.3, 0.4) is 0 Å². The lowest BCUT2D eigenvalue weighted by molar-refractivity contribution is 0.445. The Morgan fingerprint density at radius 2 is 2.21 bits per heavy atom. The number of fused-ring (bicyclic) bond motifs is 1. The third kappa shape index (κ3) is 3.13. The standard InChI is InChI=1S/C17H22N2/c1-2-16(10-13-6-7-13)19-12-15-5-3-4-14-11-18-9-8-17(14)15/h3-5,8-9,11,13,16,19H,2,6-7,10,12H2,1H3. The number of benzene rings is 1. The molecule has 1 saturated carbocycles. The van der Waals surface area contributed by atoms with Crippen LogP contribution in [0.2, 0.25) is 0 Å². The first kappa shape index (κ1) is 12.6. The lowest BCUT2D eigenvalue weighted by Crippen LogP contribution is -2.28. The lowest BCUT2D eigenvalue weighted by Gasteiger charge is -2.17. The number of pyridine rings is 1. The second-order valence-electron chi connectivity index (χ2n) is 5.68. The van der Waals surface area contributed by atoms with Gasteiger partial charge in [-0.2, -0.15) is 0 Å². The van der Waals surface area contributed by atoms with E-state index in [1.165, 1.54) is 42.0 Å². The summed E-state index contributed by atoms with van der Waals surface area (Å²) in [4.78, 5) is 4.19. The third-order valence-electron chi connectivity index (χ3n) is 4.16. The molecule has 1 N–H and O–H groups in total. The highest BCUT2D eigenvalue weighted by atomic mass is 14.9. The van der Waals surface area contributed by atoms with Crippen LogP contribution in [0.1, 0.15) is 38.2 Å². The van der Waals surface area contributed by atoms with E-state index in [0.29, 0.717) is 6.04 Å². The van der Waals surface area contributed by atoms with Gasteiger partial charge in [-0.3, -0.25) is 4.98 Å². The first-order chi connectivity index (χ1) is 9.36. The van der Waals surface area contributed by atoms with Crippen LogP contribution in [0, 0.1) is 5.92 Å². The maximum absolute atomic E-state index is 4.19. The van der Waals surface area contributed by atoms with Crippen LogP contribution >= 0.6 is 0 Å². The Kier molecular flexibility index (Phi) is 3.79. The van der Waals surface area contributed by atoms with Gasteiger partial charge in [0.25, 0.3) is 0 Å². The molecule has 19 heavy (non-hydrogen) atoms. The summed E-state index contributed by atoms with van der Waals surface area (Å²) in [7, 11) is 0. The minimum atomic E-state index is 0.671. The van der Waals surface area contributed by atoms with Crippen molar-refractivity contribution in [2.75, 3.05) is 0 Å². The van der Waals surface area contributed by atoms with Gasteiger partial charge in [0.2, 0.25) is 0 Å². The van der Waals surface area contributed by atoms with Gasteiger partial charge < -0.3 is 5.32 Å². The summed E-state index contributed by atoms with van der Waals surface area (Å²) in [5.74, 6) is 0.995. The molecule has 1 aromatic carbocycles. The first-order valence-electron chi connectivity index (χ1n) is 7.42. The summed E-state index contributed by atoms with van der Waals surface area (Å²) >= 11 is 0. The van der Waals surface area contributed by atoms with Crippen LogP contribution in [0.15, 0.2) is 36.7 Å². The lowest BCUT2D eigenvalue weighted by atomic mass is 10.0. The topological polar surface area (TPSA) is 24.9 Å². The van der Waals surface area contributed by atoms with Crippen molar-refractivity contribution in [2.24, 2.45) is 5.92 Å². The fraction of sp³-hybridized carbons (Fsp3) is 0.471. The fourth-order valence-corrected chi connectivity index (χ4v) is 2.75. The summed E-state index contributed by atoms with van der Waals surface area (Å²) in [6.45, 7) is 3.25. The van der Waals surface area contributed by atoms with Crippen molar-refractivity contribution in [3.05, 3.63) is 42.2 Å². The molecule has 0 aliphatic heterocycles. The molecule has 2 heteroatoms. The largest absolute Gasteiger partial charge is 0.310 e. The molecule has 2 nitrogen and oxygen atoms in total. The number of rotatable bonds is 6. The number of nitrogens with one attached hydrogen (secondary N) is 1. The molecule has 1 aliphatic rings. The average Bonchev–Trinajstić information content (AvgIpc) is 3.27. The van der Waals surface area contributed by atoms with Crippen molar-refractivity contribution in [3.8, 4) is 0 Å². The van der Waals surface area contributed by atoms with E-state index in [1.807, 2.05) is 12.4 Å². The molecular weight excluding hydrogens is 232 g/mol. The van der Waals surface area contributed by atoms with Gasteiger partial charge in [0.05, 0.1) is 0 Å². The smallest absolute Gasteiger partial charge is 0.0346 e. The SMILES string of the molecule is CCC(CC1CC1)NCc1cccc2cnccc12. The second kappa shape index (κ2) is 5.70. The van der Waals surface area contributed by atoms with Crippen molar-refractivity contribution in [2.45, 2.75) is 45.2 Å². The highest BCUT2D eigenvalue weighted by Crippen LogP contribution is 2.34. The van der Waals surface area contributed by atoms with Crippen molar-refractivity contribution in [1.29, 1.82) is 0 Å². The molecule has 100 valence electrons. The molecule has 1 aromatic heterocycles. The van der Waals surface area contributed by atoms with Gasteiger partial charge in [-0.05, 0) is 35.8 Å². The molecule has 1 heterocycles. The monoisotopic (exact) mass is 254 g/mol. The minimum absolute atomic E-state index is 0.671. The van der Waals surface area contributed by atoms with Crippen molar-refractivity contribution in [3.63, 3.8) is 0 Å². The fourth-order valence-electron chi connectivity index (χ4n) is 2.75. The molecule has 0 amide bonds. The van der Waals surface area contributed by atoms with E-state index in [2.05, 4.69) is 41.5 Å². The van der Waals surface area contributed by atoms with Gasteiger partial charge in [-0.1, -0.05) is 38.0 Å². The van der Waals surface area contributed by atoms with Gasteiger partial charge in [0.1, 0.15) is 0 Å². The summed E-state index contributed by atoms with van der Waals surface area (Å²) in [6.07, 6.45) is 9.29. The average molecular weight is 254 g/mol. The quantitative estimate of drug-likeness (QED) is 0.845. The zero-order valence-corrected chi connectivity index (χ0v) is 11.6. The summed E-state index contributed by atoms with van der Waals surface area (Å²) in [5, 5.41) is 6.29. The van der Waals surface area contributed by atoms with Crippen LogP contribution in [-0.2, 0) is 6.54 Å². The highest BCUT2D eigenvalue weighted by Gasteiger charge is 2.24. The molecule has 2 aromatic rings. The van der Waals surface area contributed by atoms with Crippen LogP contribution < -0.4 is 5.32 Å². The van der Waals surface area contributed by atoms with E-state index in [0.717, 1.165) is 12.5 Å². The van der Waals surface area contributed by atoms with Crippen LogP contribution in [0.4, 0.5) is 0 Å². The molecular formula is C17H22N2. The molecule has 3 rings (SSSR count). The second-order valence-corrected chi connectivity index (χ2v) is 5.68. The first-order valence-corrected chi connectivity index (χ1v) is 7.42. The van der Waals surface area contributed by atoms with E-state index in [9.17, 15) is 0 Å². The molecule has 0 radical (unpaired) electrons. The minimum Gasteiger partial charge on any atom is -0.310 e. The molecule has 0 saturated heterocycles. The Bertz CT molecular complexity index is 540. The van der Waals surface area contributed by atoms with Gasteiger partial charge in [0.15, 0.2) is 0 Å². The summed E-state index contributed by atoms with van der Waals surface area (Å²) < 4.78 is 0. The Labute approximate surface area is 115 Å². The van der Waals surface area contributed by atoms with E-state index in [1.54, 1.807) is 0 Å². The number of nitrogens with zero attached hydrogens (tertiary/aromatic N) is 1. The van der Waals surface area contributed by atoms with Gasteiger partial charge >= 0.3 is 0 Å². The molecule has 1 unspecified atom stereocenters. The van der Waals surface area contributed by atoms with E-state index >= 15 is 0 Å². The van der Waals surface area contributed by atoms with Crippen LogP contribution in [0.5, 0.6) is 0 Å². The Morgan fingerprint density at radius 1 is 1.32 bits per heavy atom. The molecule has 1 aliphatic carbocycles. The summed E-state index contributed by atoms with van der Waals surface area (Å²) in [6, 6.07) is 9.27. The van der Waals surface area contributed by atoms with E-state index < -0.39 is 0 Å². The zero-order valence-electron chi connectivity index (χ0n) is 11.6. The normalized spacial score (nSPS) is 16.7. The molecule has 1 fully saturated rings. The van der Waals surface area contributed by atoms with Crippen LogP contribution in [-0.4, -0.2) is 11.0 Å². The maximum atomic E-state index is 4.19. The Balaban J connectivity index is 1.70. The third-order valence-corrected chi connectivity index (χ3v) is 4.16. The van der Waals surface area contributed by atoms with E-state index in [-0.39, 0.29) is 0 Å². The molecule has 0 bridgehead atoms. The number of aromatic nitrogens is 1. The number of hydrogen-bond acceptors (Lipinski definition) is 2. The Morgan fingerprint density at radius 3 is 3.00 bits per heavy atom.